The van der Waals surface area contributed by atoms with Crippen LogP contribution in [0.2, 0.25) is 0 Å². The zero-order chi connectivity index (χ0) is 22.4. The van der Waals surface area contributed by atoms with Crippen LogP contribution in [0, 0.1) is 0 Å². The highest BCUT2D eigenvalue weighted by Crippen LogP contribution is 2.34. The van der Waals surface area contributed by atoms with Crippen LogP contribution in [-0.2, 0) is 19.1 Å². The maximum absolute atomic E-state index is 12.5. The number of methoxy groups -OCH3 is 1. The van der Waals surface area contributed by atoms with E-state index in [4.69, 9.17) is 4.74 Å². The Balaban J connectivity index is 1.59. The van der Waals surface area contributed by atoms with Gasteiger partial charge in [0, 0.05) is 5.69 Å². The quantitative estimate of drug-likeness (QED) is 0.521. The van der Waals surface area contributed by atoms with Gasteiger partial charge in [0.1, 0.15) is 11.8 Å². The third-order valence-corrected chi connectivity index (χ3v) is 5.24. The second-order valence-corrected chi connectivity index (χ2v) is 7.52. The van der Waals surface area contributed by atoms with E-state index in [2.05, 4.69) is 10.1 Å². The minimum Gasteiger partial charge on any atom is -0.484 e. The highest BCUT2D eigenvalue weighted by atomic mass is 32.2. The molecule has 2 aromatic rings. The van der Waals surface area contributed by atoms with E-state index >= 15 is 0 Å². The molecule has 1 saturated heterocycles. The molecule has 1 fully saturated rings. The van der Waals surface area contributed by atoms with Crippen molar-refractivity contribution in [2.24, 2.45) is 0 Å². The summed E-state index contributed by atoms with van der Waals surface area (Å²) >= 11 is 0.759. The van der Waals surface area contributed by atoms with Crippen molar-refractivity contribution in [2.75, 3.05) is 19.0 Å². The second-order valence-electron chi connectivity index (χ2n) is 6.52. The number of rotatable bonds is 7. The number of amides is 3. The van der Waals surface area contributed by atoms with Gasteiger partial charge >= 0.3 is 5.97 Å². The third-order valence-electron chi connectivity index (χ3n) is 4.36. The third kappa shape index (κ3) is 5.52. The molecule has 0 aliphatic carbocycles. The minimum absolute atomic E-state index is 0.154. The number of imide groups is 1. The first kappa shape index (κ1) is 22.1. The average Bonchev–Trinajstić information content (AvgIpc) is 3.05. The number of nitrogens with one attached hydrogen (secondary N) is 1. The summed E-state index contributed by atoms with van der Waals surface area (Å²) < 4.78 is 10.1. The van der Waals surface area contributed by atoms with Crippen LogP contribution in [-0.4, -0.2) is 47.7 Å². The number of carbonyl (C=O) groups excluding carboxylic acids is 4. The second kappa shape index (κ2) is 9.94. The maximum Gasteiger partial charge on any atom is 0.328 e. The molecule has 1 heterocycles. The lowest BCUT2D eigenvalue weighted by molar-refractivity contribution is -0.148. The van der Waals surface area contributed by atoms with Crippen LogP contribution >= 0.6 is 11.8 Å². The van der Waals surface area contributed by atoms with Gasteiger partial charge in [0.2, 0.25) is 0 Å². The molecule has 9 heteroatoms. The largest absolute Gasteiger partial charge is 0.484 e. The van der Waals surface area contributed by atoms with Crippen LogP contribution in [0.5, 0.6) is 5.75 Å². The summed E-state index contributed by atoms with van der Waals surface area (Å²) in [6.45, 7) is 1.28. The Labute approximate surface area is 183 Å². The smallest absolute Gasteiger partial charge is 0.328 e. The predicted molar refractivity (Wildman–Crippen MR) is 116 cm³/mol. The topological polar surface area (TPSA) is 102 Å². The zero-order valence-corrected chi connectivity index (χ0v) is 17.7. The van der Waals surface area contributed by atoms with Crippen LogP contribution in [0.1, 0.15) is 12.5 Å². The molecular formula is C22H20N2O6S. The number of ether oxygens (including phenoxy) is 2. The minimum atomic E-state index is -0.999. The van der Waals surface area contributed by atoms with Crippen LogP contribution in [0.3, 0.4) is 0 Å². The first-order chi connectivity index (χ1) is 14.9. The number of carbonyl (C=O) groups is 4. The molecule has 3 rings (SSSR count). The van der Waals surface area contributed by atoms with Crippen molar-refractivity contribution in [3.63, 3.8) is 0 Å². The van der Waals surface area contributed by atoms with Gasteiger partial charge in [0.15, 0.2) is 6.61 Å². The molecule has 0 radical (unpaired) electrons. The fraction of sp³-hybridized carbons (Fsp3) is 0.182. The Morgan fingerprint density at radius 3 is 2.42 bits per heavy atom. The molecular weight excluding hydrogens is 420 g/mol. The molecule has 8 nitrogen and oxygen atoms in total. The molecule has 1 unspecified atom stereocenters. The van der Waals surface area contributed by atoms with Gasteiger partial charge in [-0.05, 0) is 54.6 Å². The number of esters is 1. The molecule has 160 valence electrons. The van der Waals surface area contributed by atoms with Crippen LogP contribution in [0.25, 0.3) is 6.08 Å². The number of anilines is 1. The number of hydrogen-bond acceptors (Lipinski definition) is 7. The molecule has 3 amide bonds. The lowest BCUT2D eigenvalue weighted by Crippen LogP contribution is -2.42. The van der Waals surface area contributed by atoms with Crippen molar-refractivity contribution in [1.82, 2.24) is 4.90 Å². The van der Waals surface area contributed by atoms with Gasteiger partial charge in [0.25, 0.3) is 17.1 Å². The fourth-order valence-corrected chi connectivity index (χ4v) is 3.68. The normalized spacial score (nSPS) is 15.7. The fourth-order valence-electron chi connectivity index (χ4n) is 2.77. The Morgan fingerprint density at radius 2 is 1.77 bits per heavy atom. The summed E-state index contributed by atoms with van der Waals surface area (Å²) in [5, 5.41) is 2.19. The highest BCUT2D eigenvalue weighted by molar-refractivity contribution is 8.18. The van der Waals surface area contributed by atoms with Crippen LogP contribution in [0.4, 0.5) is 10.5 Å². The SMILES string of the molecule is COC(=O)C(C)N1C(=O)SC(=Cc2ccc(OCC(=O)Nc3ccccc3)cc2)C1=O. The van der Waals surface area contributed by atoms with Crippen molar-refractivity contribution in [3.8, 4) is 5.75 Å². The van der Waals surface area contributed by atoms with Crippen molar-refractivity contribution in [3.05, 3.63) is 65.1 Å². The van der Waals surface area contributed by atoms with Crippen molar-refractivity contribution in [1.29, 1.82) is 0 Å². The molecule has 1 atom stereocenters. The molecule has 0 aromatic heterocycles. The molecule has 1 aliphatic heterocycles. The monoisotopic (exact) mass is 440 g/mol. The van der Waals surface area contributed by atoms with Gasteiger partial charge in [-0.1, -0.05) is 30.3 Å². The van der Waals surface area contributed by atoms with E-state index in [1.807, 2.05) is 18.2 Å². The Bertz CT molecular complexity index is 1020. The summed E-state index contributed by atoms with van der Waals surface area (Å²) in [6, 6.07) is 14.8. The summed E-state index contributed by atoms with van der Waals surface area (Å²) in [7, 11) is 1.20. The maximum atomic E-state index is 12.5. The van der Waals surface area contributed by atoms with Crippen molar-refractivity contribution >= 4 is 46.5 Å². The van der Waals surface area contributed by atoms with Crippen molar-refractivity contribution in [2.45, 2.75) is 13.0 Å². The number of para-hydroxylation sites is 1. The van der Waals surface area contributed by atoms with E-state index in [1.54, 1.807) is 42.5 Å². The van der Waals surface area contributed by atoms with Crippen LogP contribution in [0.15, 0.2) is 59.5 Å². The van der Waals surface area contributed by atoms with Gasteiger partial charge in [-0.15, -0.1) is 0 Å². The molecule has 1 aliphatic rings. The lowest BCUT2D eigenvalue weighted by atomic mass is 10.2. The van der Waals surface area contributed by atoms with E-state index in [-0.39, 0.29) is 17.4 Å². The summed E-state index contributed by atoms with van der Waals surface area (Å²) in [5.41, 5.74) is 1.35. The standard InChI is InChI=1S/C22H20N2O6S/c1-14(21(27)29-2)24-20(26)18(31-22(24)28)12-15-8-10-17(11-9-15)30-13-19(25)23-16-6-4-3-5-7-16/h3-12,14H,13H2,1-2H3,(H,23,25). The highest BCUT2D eigenvalue weighted by Gasteiger charge is 2.41. The first-order valence-electron chi connectivity index (χ1n) is 9.31. The summed E-state index contributed by atoms with van der Waals surface area (Å²) in [4.78, 5) is 49.4. The molecule has 1 N–H and O–H groups in total. The number of benzene rings is 2. The Kier molecular flexibility index (Phi) is 7.09. The summed E-state index contributed by atoms with van der Waals surface area (Å²) in [6.07, 6.45) is 1.56. The lowest BCUT2D eigenvalue weighted by Gasteiger charge is -2.18. The number of nitrogens with zero attached hydrogens (tertiary/aromatic N) is 1. The van der Waals surface area contributed by atoms with Gasteiger partial charge < -0.3 is 14.8 Å². The Morgan fingerprint density at radius 1 is 1.10 bits per heavy atom. The van der Waals surface area contributed by atoms with E-state index in [9.17, 15) is 19.2 Å². The average molecular weight is 440 g/mol. The first-order valence-corrected chi connectivity index (χ1v) is 10.1. The number of hydrogen-bond donors (Lipinski definition) is 1. The van der Waals surface area contributed by atoms with E-state index in [0.29, 0.717) is 17.0 Å². The van der Waals surface area contributed by atoms with Gasteiger partial charge in [-0.25, -0.2) is 4.79 Å². The summed E-state index contributed by atoms with van der Waals surface area (Å²) in [5.74, 6) is -1.02. The van der Waals surface area contributed by atoms with Crippen LogP contribution < -0.4 is 10.1 Å². The molecule has 0 spiro atoms. The Hall–Kier alpha value is -3.59. The van der Waals surface area contributed by atoms with E-state index in [1.165, 1.54) is 14.0 Å². The molecule has 2 aromatic carbocycles. The van der Waals surface area contributed by atoms with Gasteiger partial charge in [-0.3, -0.25) is 19.3 Å². The zero-order valence-electron chi connectivity index (χ0n) is 16.9. The van der Waals surface area contributed by atoms with Gasteiger partial charge in [-0.2, -0.15) is 0 Å². The van der Waals surface area contributed by atoms with Gasteiger partial charge in [0.05, 0.1) is 12.0 Å². The molecule has 0 saturated carbocycles. The molecule has 0 bridgehead atoms. The van der Waals surface area contributed by atoms with E-state index in [0.717, 1.165) is 16.7 Å². The van der Waals surface area contributed by atoms with E-state index < -0.39 is 23.2 Å². The van der Waals surface area contributed by atoms with Crippen molar-refractivity contribution < 1.29 is 28.7 Å². The predicted octanol–water partition coefficient (Wildman–Crippen LogP) is 3.30. The number of thioether (sulfide) groups is 1. The molecule has 31 heavy (non-hydrogen) atoms.